The maximum atomic E-state index is 9.90. The van der Waals surface area contributed by atoms with Crippen LogP contribution in [0, 0.1) is 0 Å². The molecule has 0 rings (SSSR count). The van der Waals surface area contributed by atoms with Crippen LogP contribution in [0.15, 0.2) is 0 Å². The van der Waals surface area contributed by atoms with E-state index in [0.717, 1.165) is 32.7 Å². The molecule has 0 bridgehead atoms. The standard InChI is InChI=1S/C8H21N5O/c1-13(7-5-12-9)6-4-10-2-3-11-8-14/h8,10,12H,2-7,9H2,1H3,(H,11,14). The third-order valence-electron chi connectivity index (χ3n) is 1.84. The number of carbonyl (C=O) groups is 1. The second-order valence-corrected chi connectivity index (χ2v) is 3.08. The number of hydrogen-bond acceptors (Lipinski definition) is 5. The summed E-state index contributed by atoms with van der Waals surface area (Å²) in [5, 5.41) is 5.80. The number of nitrogens with one attached hydrogen (secondary N) is 3. The third-order valence-corrected chi connectivity index (χ3v) is 1.84. The van der Waals surface area contributed by atoms with Crippen molar-refractivity contribution < 1.29 is 4.79 Å². The second kappa shape index (κ2) is 10.4. The molecule has 0 aliphatic rings. The number of nitrogens with two attached hydrogens (primary N) is 1. The first-order valence-electron chi connectivity index (χ1n) is 4.81. The van der Waals surface area contributed by atoms with Crippen LogP contribution in [-0.4, -0.2) is 57.6 Å². The summed E-state index contributed by atoms with van der Waals surface area (Å²) >= 11 is 0. The minimum atomic E-state index is 0.678. The molecule has 0 unspecified atom stereocenters. The molecule has 0 aliphatic carbocycles. The predicted octanol–water partition coefficient (Wildman–Crippen LogP) is -2.28. The SMILES string of the molecule is CN(CCNN)CCNCCNC=O. The summed E-state index contributed by atoms with van der Waals surface area (Å²) in [6.45, 7) is 5.11. The molecule has 6 nitrogen and oxygen atoms in total. The number of rotatable bonds is 10. The van der Waals surface area contributed by atoms with Crippen LogP contribution in [0.3, 0.4) is 0 Å². The molecule has 0 spiro atoms. The summed E-state index contributed by atoms with van der Waals surface area (Å²) in [6.07, 6.45) is 0.709. The Hall–Kier alpha value is -0.690. The molecule has 0 saturated carbocycles. The molecule has 0 aromatic heterocycles. The van der Waals surface area contributed by atoms with Gasteiger partial charge >= 0.3 is 0 Å². The van der Waals surface area contributed by atoms with Crippen LogP contribution in [0.4, 0.5) is 0 Å². The lowest BCUT2D eigenvalue weighted by Gasteiger charge is -2.16. The minimum Gasteiger partial charge on any atom is -0.357 e. The van der Waals surface area contributed by atoms with Gasteiger partial charge in [0.2, 0.25) is 6.41 Å². The van der Waals surface area contributed by atoms with E-state index in [4.69, 9.17) is 5.84 Å². The third kappa shape index (κ3) is 9.40. The van der Waals surface area contributed by atoms with Gasteiger partial charge in [-0.3, -0.25) is 16.1 Å². The van der Waals surface area contributed by atoms with Crippen molar-refractivity contribution in [3.05, 3.63) is 0 Å². The number of likely N-dealkylation sites (N-methyl/N-ethyl adjacent to an activating group) is 1. The van der Waals surface area contributed by atoms with E-state index in [9.17, 15) is 4.79 Å². The highest BCUT2D eigenvalue weighted by Gasteiger charge is 1.95. The lowest BCUT2D eigenvalue weighted by atomic mass is 10.5. The van der Waals surface area contributed by atoms with Gasteiger partial charge in [0.15, 0.2) is 0 Å². The second-order valence-electron chi connectivity index (χ2n) is 3.08. The molecular weight excluding hydrogens is 182 g/mol. The molecule has 1 amide bonds. The zero-order valence-corrected chi connectivity index (χ0v) is 8.75. The Balaban J connectivity index is 3.06. The fraction of sp³-hybridized carbons (Fsp3) is 0.875. The smallest absolute Gasteiger partial charge is 0.207 e. The highest BCUT2D eigenvalue weighted by molar-refractivity contribution is 5.45. The van der Waals surface area contributed by atoms with Gasteiger partial charge in [-0.2, -0.15) is 0 Å². The zero-order chi connectivity index (χ0) is 10.6. The maximum absolute atomic E-state index is 9.90. The maximum Gasteiger partial charge on any atom is 0.207 e. The van der Waals surface area contributed by atoms with Crippen LogP contribution in [0.25, 0.3) is 0 Å². The summed E-state index contributed by atoms with van der Waals surface area (Å²) < 4.78 is 0. The highest BCUT2D eigenvalue weighted by atomic mass is 16.1. The lowest BCUT2D eigenvalue weighted by molar-refractivity contribution is -0.109. The molecule has 0 aromatic rings. The predicted molar refractivity (Wildman–Crippen MR) is 56.6 cm³/mol. The molecule has 5 N–H and O–H groups in total. The van der Waals surface area contributed by atoms with Gasteiger partial charge in [-0.1, -0.05) is 0 Å². The Morgan fingerprint density at radius 1 is 1.21 bits per heavy atom. The zero-order valence-electron chi connectivity index (χ0n) is 8.75. The van der Waals surface area contributed by atoms with Crippen LogP contribution in [-0.2, 0) is 4.79 Å². The molecule has 0 aromatic carbocycles. The lowest BCUT2D eigenvalue weighted by Crippen LogP contribution is -2.37. The first kappa shape index (κ1) is 13.3. The highest BCUT2D eigenvalue weighted by Crippen LogP contribution is 1.77. The van der Waals surface area contributed by atoms with E-state index in [-0.39, 0.29) is 0 Å². The van der Waals surface area contributed by atoms with E-state index in [1.165, 1.54) is 0 Å². The molecule has 0 saturated heterocycles. The first-order chi connectivity index (χ1) is 6.81. The van der Waals surface area contributed by atoms with E-state index in [0.29, 0.717) is 13.0 Å². The van der Waals surface area contributed by atoms with Crippen LogP contribution >= 0.6 is 0 Å². The van der Waals surface area contributed by atoms with Gasteiger partial charge in [0.1, 0.15) is 0 Å². The van der Waals surface area contributed by atoms with Crippen LogP contribution in [0.1, 0.15) is 0 Å². The fourth-order valence-corrected chi connectivity index (χ4v) is 0.982. The summed E-state index contributed by atoms with van der Waals surface area (Å²) in [6, 6.07) is 0. The number of hydrogen-bond donors (Lipinski definition) is 4. The summed E-state index contributed by atoms with van der Waals surface area (Å²) in [7, 11) is 2.04. The Kier molecular flexibility index (Phi) is 9.88. The minimum absolute atomic E-state index is 0.678. The average molecular weight is 203 g/mol. The Morgan fingerprint density at radius 2 is 1.93 bits per heavy atom. The largest absolute Gasteiger partial charge is 0.357 e. The van der Waals surface area contributed by atoms with Crippen molar-refractivity contribution in [2.75, 3.05) is 46.3 Å². The quantitative estimate of drug-likeness (QED) is 0.139. The summed E-state index contributed by atoms with van der Waals surface area (Å²) in [5.74, 6) is 5.15. The molecule has 84 valence electrons. The number of nitrogens with zero attached hydrogens (tertiary/aromatic N) is 1. The van der Waals surface area contributed by atoms with Gasteiger partial charge in [-0.25, -0.2) is 0 Å². The van der Waals surface area contributed by atoms with Crippen LogP contribution in [0.2, 0.25) is 0 Å². The van der Waals surface area contributed by atoms with Crippen molar-refractivity contribution in [2.45, 2.75) is 0 Å². The van der Waals surface area contributed by atoms with Gasteiger partial charge < -0.3 is 15.5 Å². The van der Waals surface area contributed by atoms with E-state index in [2.05, 4.69) is 21.0 Å². The van der Waals surface area contributed by atoms with Crippen molar-refractivity contribution in [3.8, 4) is 0 Å². The van der Waals surface area contributed by atoms with Crippen molar-refractivity contribution in [3.63, 3.8) is 0 Å². The monoisotopic (exact) mass is 203 g/mol. The van der Waals surface area contributed by atoms with E-state index >= 15 is 0 Å². The van der Waals surface area contributed by atoms with E-state index in [1.807, 2.05) is 7.05 Å². The van der Waals surface area contributed by atoms with Crippen LogP contribution < -0.4 is 21.9 Å². The Labute approximate surface area is 85.2 Å². The van der Waals surface area contributed by atoms with Gasteiger partial charge in [0, 0.05) is 39.3 Å². The Bertz CT molecular complexity index is 133. The van der Waals surface area contributed by atoms with Crippen molar-refractivity contribution in [1.29, 1.82) is 0 Å². The van der Waals surface area contributed by atoms with Gasteiger partial charge in [-0.15, -0.1) is 0 Å². The molecular formula is C8H21N5O. The van der Waals surface area contributed by atoms with Crippen LogP contribution in [0.5, 0.6) is 0 Å². The molecule has 0 radical (unpaired) electrons. The number of hydrazine groups is 1. The summed E-state index contributed by atoms with van der Waals surface area (Å²) in [5.41, 5.74) is 2.61. The van der Waals surface area contributed by atoms with Gasteiger partial charge in [0.25, 0.3) is 0 Å². The van der Waals surface area contributed by atoms with Gasteiger partial charge in [-0.05, 0) is 7.05 Å². The van der Waals surface area contributed by atoms with E-state index < -0.39 is 0 Å². The van der Waals surface area contributed by atoms with E-state index in [1.54, 1.807) is 0 Å². The average Bonchev–Trinajstić information content (AvgIpc) is 2.20. The molecule has 14 heavy (non-hydrogen) atoms. The molecule has 0 heterocycles. The molecule has 6 heteroatoms. The van der Waals surface area contributed by atoms with Crippen molar-refractivity contribution in [1.82, 2.24) is 21.0 Å². The molecule has 0 atom stereocenters. The molecule has 0 aliphatic heterocycles. The normalized spacial score (nSPS) is 10.5. The first-order valence-corrected chi connectivity index (χ1v) is 4.81. The number of carbonyl (C=O) groups excluding carboxylic acids is 1. The summed E-state index contributed by atoms with van der Waals surface area (Å²) in [4.78, 5) is 12.1. The van der Waals surface area contributed by atoms with Crippen molar-refractivity contribution in [2.24, 2.45) is 5.84 Å². The number of amides is 1. The fourth-order valence-electron chi connectivity index (χ4n) is 0.982. The van der Waals surface area contributed by atoms with Gasteiger partial charge in [0.05, 0.1) is 0 Å². The topological polar surface area (TPSA) is 82.4 Å². The van der Waals surface area contributed by atoms with Crippen molar-refractivity contribution >= 4 is 6.41 Å². The Morgan fingerprint density at radius 3 is 2.57 bits per heavy atom. The molecule has 0 fully saturated rings.